The Kier molecular flexibility index (Phi) is 4.85. The van der Waals surface area contributed by atoms with Gasteiger partial charge in [0.25, 0.3) is 0 Å². The van der Waals surface area contributed by atoms with Crippen LogP contribution in [0.1, 0.15) is 11.3 Å². The molecule has 1 saturated heterocycles. The zero-order valence-corrected chi connectivity index (χ0v) is 14.5. The molecule has 1 aliphatic heterocycles. The average molecular weight is 346 g/mol. The molecule has 1 amide bonds. The van der Waals surface area contributed by atoms with E-state index < -0.39 is 0 Å². The van der Waals surface area contributed by atoms with E-state index in [1.54, 1.807) is 4.90 Å². The van der Waals surface area contributed by atoms with Crippen molar-refractivity contribution in [3.8, 4) is 0 Å². The molecule has 1 aliphatic rings. The lowest BCUT2D eigenvalue weighted by Crippen LogP contribution is -2.46. The smallest absolute Gasteiger partial charge is 0.229 e. The number of carbonyl (C=O) groups excluding carboxylic acids is 1. The van der Waals surface area contributed by atoms with Crippen molar-refractivity contribution in [2.45, 2.75) is 13.8 Å². The number of carbonyl (C=O) groups is 1. The number of amides is 1. The van der Waals surface area contributed by atoms with Gasteiger partial charge >= 0.3 is 0 Å². The minimum absolute atomic E-state index is 0.563. The van der Waals surface area contributed by atoms with E-state index in [9.17, 15) is 4.79 Å². The molecule has 0 spiro atoms. The van der Waals surface area contributed by atoms with Crippen LogP contribution in [0.3, 0.4) is 0 Å². The van der Waals surface area contributed by atoms with Crippen molar-refractivity contribution in [2.75, 3.05) is 36.4 Å². The summed E-state index contributed by atoms with van der Waals surface area (Å²) in [7, 11) is 0. The van der Waals surface area contributed by atoms with E-state index in [0.29, 0.717) is 24.1 Å². The van der Waals surface area contributed by atoms with Crippen molar-refractivity contribution in [1.82, 2.24) is 14.9 Å². The van der Waals surface area contributed by atoms with Gasteiger partial charge in [-0.3, -0.25) is 4.79 Å². The Morgan fingerprint density at radius 2 is 1.88 bits per heavy atom. The Morgan fingerprint density at radius 1 is 1.12 bits per heavy atom. The molecule has 0 atom stereocenters. The zero-order valence-electron chi connectivity index (χ0n) is 13.8. The quantitative estimate of drug-likeness (QED) is 0.863. The average Bonchev–Trinajstić information content (AvgIpc) is 2.57. The number of halogens is 1. The number of nitrogens with one attached hydrogen (secondary N) is 1. The molecule has 0 aliphatic carbocycles. The molecular weight excluding hydrogens is 326 g/mol. The fourth-order valence-electron chi connectivity index (χ4n) is 2.71. The molecule has 24 heavy (non-hydrogen) atoms. The maximum absolute atomic E-state index is 10.8. The SMILES string of the molecule is Cc1cc(N2CCN(C=O)CC2)nc(Nc2ccc(Cl)cc2C)n1. The lowest BCUT2D eigenvalue weighted by Gasteiger charge is -2.33. The van der Waals surface area contributed by atoms with Gasteiger partial charge in [0.15, 0.2) is 0 Å². The summed E-state index contributed by atoms with van der Waals surface area (Å²) in [4.78, 5) is 23.9. The second kappa shape index (κ2) is 7.05. The van der Waals surface area contributed by atoms with Crippen LogP contribution in [0.15, 0.2) is 24.3 Å². The highest BCUT2D eigenvalue weighted by molar-refractivity contribution is 6.30. The Balaban J connectivity index is 1.80. The minimum atomic E-state index is 0.563. The van der Waals surface area contributed by atoms with Gasteiger partial charge < -0.3 is 15.1 Å². The fraction of sp³-hybridized carbons (Fsp3) is 0.353. The monoisotopic (exact) mass is 345 g/mol. The van der Waals surface area contributed by atoms with Crippen LogP contribution in [0.5, 0.6) is 0 Å². The molecule has 0 saturated carbocycles. The number of rotatable bonds is 4. The third-order valence-electron chi connectivity index (χ3n) is 4.06. The second-order valence-corrected chi connectivity index (χ2v) is 6.34. The minimum Gasteiger partial charge on any atom is -0.353 e. The number of benzene rings is 1. The highest BCUT2D eigenvalue weighted by atomic mass is 35.5. The van der Waals surface area contributed by atoms with Crippen molar-refractivity contribution in [1.29, 1.82) is 0 Å². The summed E-state index contributed by atoms with van der Waals surface area (Å²) < 4.78 is 0. The van der Waals surface area contributed by atoms with Crippen LogP contribution < -0.4 is 10.2 Å². The second-order valence-electron chi connectivity index (χ2n) is 5.90. The number of hydrogen-bond acceptors (Lipinski definition) is 5. The van der Waals surface area contributed by atoms with E-state index in [4.69, 9.17) is 11.6 Å². The molecule has 7 heteroatoms. The van der Waals surface area contributed by atoms with Gasteiger partial charge in [0.05, 0.1) is 0 Å². The summed E-state index contributed by atoms with van der Waals surface area (Å²) in [5.74, 6) is 1.44. The van der Waals surface area contributed by atoms with Crippen LogP contribution in [0.25, 0.3) is 0 Å². The van der Waals surface area contributed by atoms with E-state index in [0.717, 1.165) is 42.3 Å². The standard InChI is InChI=1S/C17H20ClN5O/c1-12-9-14(18)3-4-15(12)20-17-19-13(2)10-16(21-17)23-7-5-22(11-24)6-8-23/h3-4,9-11H,5-8H2,1-2H3,(H,19,20,21). The molecule has 1 aromatic carbocycles. The summed E-state index contributed by atoms with van der Waals surface area (Å²) in [5, 5.41) is 3.97. The molecule has 2 aromatic rings. The molecule has 0 unspecified atom stereocenters. The van der Waals surface area contributed by atoms with Gasteiger partial charge in [-0.1, -0.05) is 11.6 Å². The lowest BCUT2D eigenvalue weighted by atomic mass is 10.2. The predicted octanol–water partition coefficient (Wildman–Crippen LogP) is 2.77. The maximum atomic E-state index is 10.8. The number of aromatic nitrogens is 2. The van der Waals surface area contributed by atoms with Gasteiger partial charge in [0, 0.05) is 48.6 Å². The Bertz CT molecular complexity index is 744. The molecule has 0 radical (unpaired) electrons. The highest BCUT2D eigenvalue weighted by Gasteiger charge is 2.18. The van der Waals surface area contributed by atoms with Gasteiger partial charge in [-0.2, -0.15) is 4.98 Å². The zero-order chi connectivity index (χ0) is 17.1. The first kappa shape index (κ1) is 16.5. The number of nitrogens with zero attached hydrogens (tertiary/aromatic N) is 4. The molecule has 6 nitrogen and oxygen atoms in total. The number of aryl methyl sites for hydroxylation is 2. The molecule has 126 valence electrons. The molecule has 2 heterocycles. The normalized spacial score (nSPS) is 14.6. The van der Waals surface area contributed by atoms with E-state index in [2.05, 4.69) is 20.2 Å². The van der Waals surface area contributed by atoms with Crippen LogP contribution in [0.2, 0.25) is 5.02 Å². The van der Waals surface area contributed by atoms with E-state index in [-0.39, 0.29) is 0 Å². The van der Waals surface area contributed by atoms with Gasteiger partial charge in [-0.15, -0.1) is 0 Å². The Morgan fingerprint density at radius 3 is 2.54 bits per heavy atom. The van der Waals surface area contributed by atoms with Crippen molar-refractivity contribution in [3.05, 3.63) is 40.5 Å². The first-order valence-electron chi connectivity index (χ1n) is 7.88. The predicted molar refractivity (Wildman–Crippen MR) is 96.1 cm³/mol. The van der Waals surface area contributed by atoms with Crippen LogP contribution in [-0.2, 0) is 4.79 Å². The topological polar surface area (TPSA) is 61.4 Å². The van der Waals surface area contributed by atoms with E-state index in [1.165, 1.54) is 0 Å². The summed E-state index contributed by atoms with van der Waals surface area (Å²) >= 11 is 6.00. The van der Waals surface area contributed by atoms with Gasteiger partial charge in [0.1, 0.15) is 5.82 Å². The van der Waals surface area contributed by atoms with Gasteiger partial charge in [-0.05, 0) is 37.6 Å². The van der Waals surface area contributed by atoms with Crippen LogP contribution in [-0.4, -0.2) is 47.5 Å². The molecule has 1 N–H and O–H groups in total. The van der Waals surface area contributed by atoms with E-state index >= 15 is 0 Å². The lowest BCUT2D eigenvalue weighted by molar-refractivity contribution is -0.118. The van der Waals surface area contributed by atoms with E-state index in [1.807, 2.05) is 38.1 Å². The summed E-state index contributed by atoms with van der Waals surface area (Å²) in [6, 6.07) is 7.63. The van der Waals surface area contributed by atoms with Crippen LogP contribution in [0.4, 0.5) is 17.5 Å². The summed E-state index contributed by atoms with van der Waals surface area (Å²) in [6.07, 6.45) is 0.902. The van der Waals surface area contributed by atoms with Crippen molar-refractivity contribution < 1.29 is 4.79 Å². The first-order chi connectivity index (χ1) is 11.5. The maximum Gasteiger partial charge on any atom is 0.229 e. The third-order valence-corrected chi connectivity index (χ3v) is 4.30. The van der Waals surface area contributed by atoms with Gasteiger partial charge in [0.2, 0.25) is 12.4 Å². The van der Waals surface area contributed by atoms with Crippen LogP contribution >= 0.6 is 11.6 Å². The Hall–Kier alpha value is -2.34. The molecule has 1 fully saturated rings. The summed E-state index contributed by atoms with van der Waals surface area (Å²) in [5.41, 5.74) is 2.86. The van der Waals surface area contributed by atoms with Crippen LogP contribution in [0, 0.1) is 13.8 Å². The number of anilines is 3. The Labute approximate surface area is 146 Å². The first-order valence-corrected chi connectivity index (χ1v) is 8.26. The molecule has 3 rings (SSSR count). The van der Waals surface area contributed by atoms with Crippen molar-refractivity contribution in [3.63, 3.8) is 0 Å². The number of hydrogen-bond donors (Lipinski definition) is 1. The van der Waals surface area contributed by atoms with Crippen molar-refractivity contribution >= 4 is 35.5 Å². The number of piperazine rings is 1. The fourth-order valence-corrected chi connectivity index (χ4v) is 2.94. The van der Waals surface area contributed by atoms with Crippen molar-refractivity contribution in [2.24, 2.45) is 0 Å². The van der Waals surface area contributed by atoms with Gasteiger partial charge in [-0.25, -0.2) is 4.98 Å². The molecular formula is C17H20ClN5O. The third kappa shape index (κ3) is 3.76. The molecule has 0 bridgehead atoms. The molecule has 1 aromatic heterocycles. The largest absolute Gasteiger partial charge is 0.353 e. The highest BCUT2D eigenvalue weighted by Crippen LogP contribution is 2.24. The summed E-state index contributed by atoms with van der Waals surface area (Å²) in [6.45, 7) is 6.91.